The number of halogens is 1. The molecule has 1 fully saturated rings. The lowest BCUT2D eigenvalue weighted by Crippen LogP contribution is -2.40. The molecule has 2 rings (SSSR count). The van der Waals surface area contributed by atoms with Crippen LogP contribution in [0.4, 0.5) is 0 Å². The maximum Gasteiger partial charge on any atom is 0.193 e. The predicted molar refractivity (Wildman–Crippen MR) is 120 cm³/mol. The minimum absolute atomic E-state index is 0. The van der Waals surface area contributed by atoms with E-state index in [9.17, 15) is 0 Å². The largest absolute Gasteiger partial charge is 0.496 e. The van der Waals surface area contributed by atoms with E-state index in [2.05, 4.69) is 22.1 Å². The Kier molecular flexibility index (Phi) is 12.4. The van der Waals surface area contributed by atoms with Crippen molar-refractivity contribution in [2.75, 3.05) is 53.6 Å². The number of hydrogen-bond donors (Lipinski definition) is 1. The Bertz CT molecular complexity index is 553. The van der Waals surface area contributed by atoms with E-state index in [0.717, 1.165) is 49.5 Å². The molecular formula is C20H34IN3O3. The molecule has 1 aromatic rings. The van der Waals surface area contributed by atoms with Crippen LogP contribution in [0, 0.1) is 5.92 Å². The molecule has 0 unspecified atom stereocenters. The summed E-state index contributed by atoms with van der Waals surface area (Å²) in [5, 5.41) is 3.32. The number of methoxy groups -OCH3 is 1. The van der Waals surface area contributed by atoms with Gasteiger partial charge in [0.25, 0.3) is 0 Å². The summed E-state index contributed by atoms with van der Waals surface area (Å²) < 4.78 is 16.8. The van der Waals surface area contributed by atoms with Crippen LogP contribution in [-0.2, 0) is 16.1 Å². The van der Waals surface area contributed by atoms with Gasteiger partial charge in [0.05, 0.1) is 33.5 Å². The van der Waals surface area contributed by atoms with Gasteiger partial charge in [-0.05, 0) is 31.7 Å². The number of ether oxygens (including phenoxy) is 3. The number of rotatable bonds is 12. The molecule has 0 amide bonds. The highest BCUT2D eigenvalue weighted by Crippen LogP contribution is 2.28. The van der Waals surface area contributed by atoms with E-state index in [0.29, 0.717) is 19.8 Å². The molecule has 0 aliphatic heterocycles. The zero-order valence-electron chi connectivity index (χ0n) is 16.8. The SMILES string of the molecule is CCNC(=NCCOCc1ccccc1OC)N(C)CCOCC1CC1.I. The Hall–Kier alpha value is -1.06. The monoisotopic (exact) mass is 491 g/mol. The summed E-state index contributed by atoms with van der Waals surface area (Å²) in [5.74, 6) is 2.56. The fraction of sp³-hybridized carbons (Fsp3) is 0.650. The molecule has 0 atom stereocenters. The first-order valence-electron chi connectivity index (χ1n) is 9.51. The van der Waals surface area contributed by atoms with Crippen LogP contribution in [0.25, 0.3) is 0 Å². The fourth-order valence-electron chi connectivity index (χ4n) is 2.53. The highest BCUT2D eigenvalue weighted by molar-refractivity contribution is 14.0. The predicted octanol–water partition coefficient (Wildman–Crippen LogP) is 3.15. The summed E-state index contributed by atoms with van der Waals surface area (Å²) in [6.07, 6.45) is 2.66. The molecular weight excluding hydrogens is 457 g/mol. The average molecular weight is 491 g/mol. The molecule has 7 heteroatoms. The van der Waals surface area contributed by atoms with E-state index in [1.165, 1.54) is 12.8 Å². The molecule has 6 nitrogen and oxygen atoms in total. The normalized spacial score (nSPS) is 13.8. The van der Waals surface area contributed by atoms with E-state index in [1.807, 2.05) is 31.3 Å². The van der Waals surface area contributed by atoms with Crippen LogP contribution < -0.4 is 10.1 Å². The van der Waals surface area contributed by atoms with Crippen molar-refractivity contribution in [1.29, 1.82) is 0 Å². The van der Waals surface area contributed by atoms with Crippen molar-refractivity contribution < 1.29 is 14.2 Å². The lowest BCUT2D eigenvalue weighted by molar-refractivity contribution is 0.114. The number of nitrogens with zero attached hydrogens (tertiary/aromatic N) is 2. The second-order valence-electron chi connectivity index (χ2n) is 6.54. The number of hydrogen-bond acceptors (Lipinski definition) is 4. The fourth-order valence-corrected chi connectivity index (χ4v) is 2.53. The summed E-state index contributed by atoms with van der Waals surface area (Å²) in [7, 11) is 3.72. The van der Waals surface area contributed by atoms with Gasteiger partial charge >= 0.3 is 0 Å². The van der Waals surface area contributed by atoms with Crippen molar-refractivity contribution in [1.82, 2.24) is 10.2 Å². The van der Waals surface area contributed by atoms with Crippen LogP contribution >= 0.6 is 24.0 Å². The highest BCUT2D eigenvalue weighted by Gasteiger charge is 2.21. The summed E-state index contributed by atoms with van der Waals surface area (Å²) in [4.78, 5) is 6.74. The third kappa shape index (κ3) is 9.62. The van der Waals surface area contributed by atoms with E-state index >= 15 is 0 Å². The molecule has 1 aliphatic carbocycles. The summed E-state index contributed by atoms with van der Waals surface area (Å²) in [6.45, 7) is 7.10. The molecule has 0 spiro atoms. The molecule has 0 saturated heterocycles. The Morgan fingerprint density at radius 3 is 2.70 bits per heavy atom. The maximum absolute atomic E-state index is 5.74. The van der Waals surface area contributed by atoms with Crippen LogP contribution in [0.2, 0.25) is 0 Å². The summed E-state index contributed by atoms with van der Waals surface area (Å²) >= 11 is 0. The van der Waals surface area contributed by atoms with Gasteiger partial charge in [-0.25, -0.2) is 0 Å². The van der Waals surface area contributed by atoms with Crippen LogP contribution in [-0.4, -0.2) is 64.5 Å². The van der Waals surface area contributed by atoms with Crippen LogP contribution in [0.3, 0.4) is 0 Å². The van der Waals surface area contributed by atoms with Gasteiger partial charge in [0.1, 0.15) is 5.75 Å². The maximum atomic E-state index is 5.74. The van der Waals surface area contributed by atoms with Gasteiger partial charge in [-0.3, -0.25) is 4.99 Å². The van der Waals surface area contributed by atoms with E-state index in [-0.39, 0.29) is 24.0 Å². The van der Waals surface area contributed by atoms with Crippen molar-refractivity contribution in [2.24, 2.45) is 10.9 Å². The number of likely N-dealkylation sites (N-methyl/N-ethyl adjacent to an activating group) is 1. The van der Waals surface area contributed by atoms with Crippen molar-refractivity contribution in [3.8, 4) is 5.75 Å². The molecule has 0 heterocycles. The summed E-state index contributed by atoms with van der Waals surface area (Å²) in [6, 6.07) is 7.91. The Labute approximate surface area is 180 Å². The van der Waals surface area contributed by atoms with Crippen LogP contribution in [0.5, 0.6) is 5.75 Å². The highest BCUT2D eigenvalue weighted by atomic mass is 127. The van der Waals surface area contributed by atoms with Gasteiger partial charge in [0, 0.05) is 32.3 Å². The lowest BCUT2D eigenvalue weighted by Gasteiger charge is -2.22. The number of nitrogens with one attached hydrogen (secondary N) is 1. The minimum atomic E-state index is 0. The Morgan fingerprint density at radius 2 is 2.00 bits per heavy atom. The van der Waals surface area contributed by atoms with Gasteiger partial charge in [0.2, 0.25) is 0 Å². The third-order valence-corrected chi connectivity index (χ3v) is 4.27. The standard InChI is InChI=1S/C20H33N3O3.HI/c1-4-21-20(23(2)12-14-26-15-17-9-10-17)22-11-13-25-16-18-7-5-6-8-19(18)24-3;/h5-8,17H,4,9-16H2,1-3H3,(H,21,22);1H. The molecule has 0 bridgehead atoms. The van der Waals surface area contributed by atoms with Crippen molar-refractivity contribution in [3.63, 3.8) is 0 Å². The number of guanidine groups is 1. The zero-order valence-corrected chi connectivity index (χ0v) is 19.1. The number of aliphatic imine (C=N–C) groups is 1. The van der Waals surface area contributed by atoms with Crippen molar-refractivity contribution >= 4 is 29.9 Å². The van der Waals surface area contributed by atoms with Gasteiger partial charge in [-0.2, -0.15) is 0 Å². The van der Waals surface area contributed by atoms with Gasteiger partial charge in [-0.15, -0.1) is 24.0 Å². The number of benzene rings is 1. The second kappa shape index (κ2) is 14.0. The summed E-state index contributed by atoms with van der Waals surface area (Å²) in [5.41, 5.74) is 1.05. The molecule has 1 aromatic carbocycles. The third-order valence-electron chi connectivity index (χ3n) is 4.27. The molecule has 1 N–H and O–H groups in total. The first-order valence-corrected chi connectivity index (χ1v) is 9.51. The molecule has 1 aliphatic rings. The van der Waals surface area contributed by atoms with E-state index in [4.69, 9.17) is 14.2 Å². The van der Waals surface area contributed by atoms with E-state index in [1.54, 1.807) is 7.11 Å². The van der Waals surface area contributed by atoms with Crippen LogP contribution in [0.15, 0.2) is 29.3 Å². The quantitative estimate of drug-likeness (QED) is 0.211. The number of para-hydroxylation sites is 1. The van der Waals surface area contributed by atoms with Crippen molar-refractivity contribution in [3.05, 3.63) is 29.8 Å². The second-order valence-corrected chi connectivity index (χ2v) is 6.54. The molecule has 154 valence electrons. The molecule has 0 radical (unpaired) electrons. The average Bonchev–Trinajstić information content (AvgIpc) is 3.48. The van der Waals surface area contributed by atoms with Crippen LogP contribution in [0.1, 0.15) is 25.3 Å². The molecule has 27 heavy (non-hydrogen) atoms. The molecule has 1 saturated carbocycles. The van der Waals surface area contributed by atoms with Gasteiger partial charge in [-0.1, -0.05) is 18.2 Å². The minimum Gasteiger partial charge on any atom is -0.496 e. The van der Waals surface area contributed by atoms with E-state index < -0.39 is 0 Å². The Balaban J connectivity index is 0.00000364. The Morgan fingerprint density at radius 1 is 1.22 bits per heavy atom. The first kappa shape index (κ1) is 24.0. The van der Waals surface area contributed by atoms with Crippen molar-refractivity contribution in [2.45, 2.75) is 26.4 Å². The lowest BCUT2D eigenvalue weighted by atomic mass is 10.2. The zero-order chi connectivity index (χ0) is 18.6. The topological polar surface area (TPSA) is 55.3 Å². The van der Waals surface area contributed by atoms with Gasteiger partial charge in [0.15, 0.2) is 5.96 Å². The smallest absolute Gasteiger partial charge is 0.193 e. The molecule has 0 aromatic heterocycles. The first-order chi connectivity index (χ1) is 12.7. The van der Waals surface area contributed by atoms with Gasteiger partial charge < -0.3 is 24.4 Å².